The molecular weight excluding hydrogens is 420 g/mol. The van der Waals surface area contributed by atoms with Gasteiger partial charge in [0.25, 0.3) is 5.91 Å². The zero-order valence-electron chi connectivity index (χ0n) is 16.8. The molecule has 0 aliphatic carbocycles. The molecule has 1 aromatic carbocycles. The number of rotatable bonds is 7. The van der Waals surface area contributed by atoms with E-state index in [-0.39, 0.29) is 18.3 Å². The van der Waals surface area contributed by atoms with Crippen LogP contribution in [0.2, 0.25) is 0 Å². The van der Waals surface area contributed by atoms with Gasteiger partial charge in [0.2, 0.25) is 0 Å². The van der Waals surface area contributed by atoms with Crippen LogP contribution >= 0.6 is 23.9 Å². The summed E-state index contributed by atoms with van der Waals surface area (Å²) in [5.41, 5.74) is 6.72. The lowest BCUT2D eigenvalue weighted by Gasteiger charge is -2.35. The molecule has 0 radical (unpaired) electrons. The number of anilines is 2. The minimum absolute atomic E-state index is 0. The molecule has 1 saturated heterocycles. The molecule has 160 valence electrons. The number of unbranched alkanes of at least 4 members (excludes halogenated alkanes) is 1. The number of carbonyl (C=O) groups is 1. The Labute approximate surface area is 186 Å². The second-order valence-corrected chi connectivity index (χ2v) is 8.06. The van der Waals surface area contributed by atoms with Gasteiger partial charge in [-0.25, -0.2) is 0 Å². The lowest BCUT2D eigenvalue weighted by Crippen LogP contribution is -2.46. The van der Waals surface area contributed by atoms with Gasteiger partial charge in [-0.2, -0.15) is 4.37 Å². The molecule has 9 heteroatoms. The molecule has 3 heterocycles. The van der Waals surface area contributed by atoms with Gasteiger partial charge in [0.15, 0.2) is 0 Å². The summed E-state index contributed by atoms with van der Waals surface area (Å²) in [6, 6.07) is 10.1. The van der Waals surface area contributed by atoms with Crippen molar-refractivity contribution in [2.75, 3.05) is 49.9 Å². The van der Waals surface area contributed by atoms with Gasteiger partial charge in [0.05, 0.1) is 10.3 Å². The van der Waals surface area contributed by atoms with Crippen LogP contribution in [0.4, 0.5) is 11.5 Å². The smallest absolute Gasteiger partial charge is 0.254 e. The fraction of sp³-hybridized carbons (Fsp3) is 0.381. The predicted octanol–water partition coefficient (Wildman–Crippen LogP) is 3.03. The largest absolute Gasteiger partial charge is 0.398 e. The van der Waals surface area contributed by atoms with E-state index in [1.54, 1.807) is 23.8 Å². The maximum Gasteiger partial charge on any atom is 0.254 e. The average Bonchev–Trinajstić information content (AvgIpc) is 3.18. The lowest BCUT2D eigenvalue weighted by atomic mass is 10.2. The monoisotopic (exact) mass is 446 g/mol. The van der Waals surface area contributed by atoms with Gasteiger partial charge in [-0.05, 0) is 49.1 Å². The van der Waals surface area contributed by atoms with Crippen LogP contribution in [0.25, 0.3) is 10.1 Å². The van der Waals surface area contributed by atoms with Crippen LogP contribution in [0.1, 0.15) is 23.2 Å². The Morgan fingerprint density at radius 1 is 1.13 bits per heavy atom. The molecule has 1 amide bonds. The highest BCUT2D eigenvalue weighted by molar-refractivity contribution is 7.13. The number of nitrogens with one attached hydrogen (secondary N) is 1. The third-order valence-corrected chi connectivity index (χ3v) is 6.13. The van der Waals surface area contributed by atoms with Crippen LogP contribution in [-0.4, -0.2) is 59.4 Å². The highest BCUT2D eigenvalue weighted by Crippen LogP contribution is 2.29. The Balaban J connectivity index is 0.00000256. The molecule has 30 heavy (non-hydrogen) atoms. The van der Waals surface area contributed by atoms with E-state index in [9.17, 15) is 4.79 Å². The highest BCUT2D eigenvalue weighted by atomic mass is 35.5. The molecular formula is C21H27ClN6OS. The molecule has 1 aliphatic rings. The summed E-state index contributed by atoms with van der Waals surface area (Å²) in [5, 5.41) is 4.19. The number of piperazine rings is 1. The van der Waals surface area contributed by atoms with Crippen molar-refractivity contribution in [2.24, 2.45) is 0 Å². The first-order valence-electron chi connectivity index (χ1n) is 10.0. The molecule has 4 rings (SSSR count). The quantitative estimate of drug-likeness (QED) is 0.542. The molecule has 3 aromatic rings. The van der Waals surface area contributed by atoms with Crippen molar-refractivity contribution < 1.29 is 4.79 Å². The number of hydrogen-bond acceptors (Lipinski definition) is 7. The maximum atomic E-state index is 12.1. The fourth-order valence-corrected chi connectivity index (χ4v) is 4.43. The number of hydrogen-bond donors (Lipinski definition) is 2. The summed E-state index contributed by atoms with van der Waals surface area (Å²) < 4.78 is 5.92. The van der Waals surface area contributed by atoms with Crippen molar-refractivity contribution in [3.05, 3.63) is 48.3 Å². The predicted molar refractivity (Wildman–Crippen MR) is 126 cm³/mol. The first-order valence-corrected chi connectivity index (χ1v) is 10.8. The molecule has 7 nitrogen and oxygen atoms in total. The number of carbonyl (C=O) groups excluding carboxylic acids is 1. The number of nitrogen functional groups attached to an aromatic ring is 1. The molecule has 0 bridgehead atoms. The number of benzene rings is 1. The van der Waals surface area contributed by atoms with E-state index in [2.05, 4.69) is 48.7 Å². The Morgan fingerprint density at radius 2 is 1.93 bits per heavy atom. The number of nitrogens with zero attached hydrogens (tertiary/aromatic N) is 4. The van der Waals surface area contributed by atoms with Crippen LogP contribution in [0.15, 0.2) is 42.7 Å². The van der Waals surface area contributed by atoms with Gasteiger partial charge >= 0.3 is 0 Å². The fourth-order valence-electron chi connectivity index (χ4n) is 3.64. The second-order valence-electron chi connectivity index (χ2n) is 7.26. The molecule has 1 aliphatic heterocycles. The molecule has 0 spiro atoms. The molecule has 0 saturated carbocycles. The van der Waals surface area contributed by atoms with E-state index in [4.69, 9.17) is 5.73 Å². The van der Waals surface area contributed by atoms with Crippen molar-refractivity contribution in [1.82, 2.24) is 19.6 Å². The van der Waals surface area contributed by atoms with Gasteiger partial charge in [-0.15, -0.1) is 12.4 Å². The van der Waals surface area contributed by atoms with E-state index in [1.807, 2.05) is 0 Å². The van der Waals surface area contributed by atoms with Crippen LogP contribution in [0.5, 0.6) is 0 Å². The molecule has 0 atom stereocenters. The zero-order chi connectivity index (χ0) is 20.1. The summed E-state index contributed by atoms with van der Waals surface area (Å²) in [6.45, 7) is 5.80. The third-order valence-electron chi connectivity index (χ3n) is 5.32. The summed E-state index contributed by atoms with van der Waals surface area (Å²) in [5.74, 6) is 0.974. The van der Waals surface area contributed by atoms with Gasteiger partial charge in [-0.3, -0.25) is 14.7 Å². The number of halogens is 1. The highest BCUT2D eigenvalue weighted by Gasteiger charge is 2.20. The number of amides is 1. The lowest BCUT2D eigenvalue weighted by molar-refractivity contribution is 0.0953. The number of pyridine rings is 1. The van der Waals surface area contributed by atoms with Gasteiger partial charge in [0.1, 0.15) is 5.82 Å². The Kier molecular flexibility index (Phi) is 7.84. The Morgan fingerprint density at radius 3 is 2.73 bits per heavy atom. The zero-order valence-corrected chi connectivity index (χ0v) is 18.4. The normalized spacial score (nSPS) is 14.5. The summed E-state index contributed by atoms with van der Waals surface area (Å²) >= 11 is 1.58. The standard InChI is InChI=1S/C21H26N6OS.ClH/c22-18-7-9-23-15-17(18)21(28)24-8-3-4-10-26-11-13-27(14-12-26)20-16-5-1-2-6-19(16)29-25-20;/h1-2,5-7,9,15H,3-4,8,10-14H2,(H2,22,23)(H,24,28);1H. The van der Waals surface area contributed by atoms with Crippen LogP contribution in [0.3, 0.4) is 0 Å². The van der Waals surface area contributed by atoms with Crippen molar-refractivity contribution in [2.45, 2.75) is 12.8 Å². The van der Waals surface area contributed by atoms with E-state index in [0.717, 1.165) is 51.4 Å². The second kappa shape index (κ2) is 10.6. The number of nitrogens with two attached hydrogens (primary N) is 1. The van der Waals surface area contributed by atoms with Gasteiger partial charge in [0, 0.05) is 56.2 Å². The first-order chi connectivity index (χ1) is 14.2. The number of fused-ring (bicyclic) bond motifs is 1. The molecule has 3 N–H and O–H groups in total. The summed E-state index contributed by atoms with van der Waals surface area (Å²) in [4.78, 5) is 21.0. The van der Waals surface area contributed by atoms with E-state index in [0.29, 0.717) is 17.8 Å². The van der Waals surface area contributed by atoms with Crippen LogP contribution in [0, 0.1) is 0 Å². The van der Waals surface area contributed by atoms with Crippen molar-refractivity contribution in [3.8, 4) is 0 Å². The van der Waals surface area contributed by atoms with Crippen molar-refractivity contribution >= 4 is 51.4 Å². The first kappa shape index (κ1) is 22.3. The Hall–Kier alpha value is -2.42. The van der Waals surface area contributed by atoms with Crippen molar-refractivity contribution in [3.63, 3.8) is 0 Å². The minimum atomic E-state index is -0.153. The summed E-state index contributed by atoms with van der Waals surface area (Å²) in [7, 11) is 0. The van der Waals surface area contributed by atoms with Crippen LogP contribution < -0.4 is 16.0 Å². The van der Waals surface area contributed by atoms with Crippen LogP contribution in [-0.2, 0) is 0 Å². The van der Waals surface area contributed by atoms with E-state index in [1.165, 1.54) is 16.3 Å². The van der Waals surface area contributed by atoms with E-state index < -0.39 is 0 Å². The SMILES string of the molecule is Cl.Nc1ccncc1C(=O)NCCCCN1CCN(c2nsc3ccccc23)CC1. The topological polar surface area (TPSA) is 87.4 Å². The van der Waals surface area contributed by atoms with Gasteiger partial charge < -0.3 is 16.0 Å². The average molecular weight is 447 g/mol. The molecule has 2 aromatic heterocycles. The molecule has 0 unspecified atom stereocenters. The summed E-state index contributed by atoms with van der Waals surface area (Å²) in [6.07, 6.45) is 5.10. The maximum absolute atomic E-state index is 12.1. The molecule has 1 fully saturated rings. The number of aromatic nitrogens is 2. The van der Waals surface area contributed by atoms with E-state index >= 15 is 0 Å². The van der Waals surface area contributed by atoms with Crippen molar-refractivity contribution in [1.29, 1.82) is 0 Å². The Bertz CT molecular complexity index is 973. The third kappa shape index (κ3) is 5.19. The van der Waals surface area contributed by atoms with Gasteiger partial charge in [-0.1, -0.05) is 12.1 Å². The minimum Gasteiger partial charge on any atom is -0.398 e.